The molecule has 0 bridgehead atoms. The van der Waals surface area contributed by atoms with E-state index in [9.17, 15) is 14.0 Å². The quantitative estimate of drug-likeness (QED) is 0.325. The molecule has 0 unspecified atom stereocenters. The second-order valence-corrected chi connectivity index (χ2v) is 8.93. The lowest BCUT2D eigenvalue weighted by Crippen LogP contribution is -2.23. The van der Waals surface area contributed by atoms with E-state index in [1.807, 2.05) is 30.5 Å². The number of thiophene rings is 1. The summed E-state index contributed by atoms with van der Waals surface area (Å²) in [6.45, 7) is 0. The van der Waals surface area contributed by atoms with Gasteiger partial charge in [-0.05, 0) is 48.0 Å². The number of hydrogen-bond donors (Lipinski definition) is 1. The highest BCUT2D eigenvalue weighted by Crippen LogP contribution is 2.25. The second-order valence-electron chi connectivity index (χ2n) is 6.19. The molecule has 0 atom stereocenters. The van der Waals surface area contributed by atoms with Gasteiger partial charge in [-0.3, -0.25) is 14.2 Å². The minimum absolute atomic E-state index is 0.0278. The molecule has 0 aliphatic carbocycles. The number of benzene rings is 2. The van der Waals surface area contributed by atoms with E-state index in [-0.39, 0.29) is 28.1 Å². The summed E-state index contributed by atoms with van der Waals surface area (Å²) >= 11 is 3.94. The van der Waals surface area contributed by atoms with Gasteiger partial charge in [0.15, 0.2) is 5.16 Å². The molecule has 0 saturated carbocycles. The number of halogens is 1. The molecule has 0 saturated heterocycles. The summed E-state index contributed by atoms with van der Waals surface area (Å²) in [6, 6.07) is 15.3. The number of hydrogen-bond acceptors (Lipinski definition) is 6. The molecule has 0 radical (unpaired) electrons. The topological polar surface area (TPSA) is 64.0 Å². The molecule has 0 aliphatic heterocycles. The highest BCUT2D eigenvalue weighted by atomic mass is 32.2. The van der Waals surface area contributed by atoms with E-state index >= 15 is 0 Å². The zero-order valence-corrected chi connectivity index (χ0v) is 18.2. The van der Waals surface area contributed by atoms with Crippen LogP contribution in [0.5, 0.6) is 0 Å². The van der Waals surface area contributed by atoms with Crippen LogP contribution in [0.2, 0.25) is 0 Å². The van der Waals surface area contributed by atoms with Crippen molar-refractivity contribution in [2.75, 3.05) is 17.3 Å². The lowest BCUT2D eigenvalue weighted by molar-refractivity contribution is -0.113. The average Bonchev–Trinajstić information content (AvgIpc) is 3.22. The van der Waals surface area contributed by atoms with Gasteiger partial charge in [-0.15, -0.1) is 23.1 Å². The van der Waals surface area contributed by atoms with Crippen LogP contribution < -0.4 is 10.9 Å². The fraction of sp³-hybridized carbons (Fsp3) is 0.0952. The molecule has 1 N–H and O–H groups in total. The van der Waals surface area contributed by atoms with Crippen molar-refractivity contribution in [3.05, 3.63) is 76.1 Å². The standard InChI is InChI=1S/C21H16FN3O2S3/c1-28-14-6-4-5-13(11-14)23-18(26)12-30-21-24-16-9-10-29-19(16)20(27)25(21)17-8-3-2-7-15(17)22/h2-11H,12H2,1H3,(H,23,26). The molecule has 4 aromatic rings. The summed E-state index contributed by atoms with van der Waals surface area (Å²) < 4.78 is 16.1. The van der Waals surface area contributed by atoms with E-state index in [1.54, 1.807) is 35.3 Å². The summed E-state index contributed by atoms with van der Waals surface area (Å²) in [7, 11) is 0. The molecule has 0 aliphatic rings. The molecule has 2 aromatic carbocycles. The predicted octanol–water partition coefficient (Wildman–Crippen LogP) is 5.04. The maximum absolute atomic E-state index is 14.4. The molecule has 2 aromatic heterocycles. The number of amides is 1. The number of carbonyl (C=O) groups excluding carboxylic acids is 1. The van der Waals surface area contributed by atoms with Crippen LogP contribution in [0.4, 0.5) is 10.1 Å². The van der Waals surface area contributed by atoms with E-state index < -0.39 is 5.82 Å². The Morgan fingerprint density at radius 1 is 1.20 bits per heavy atom. The van der Waals surface area contributed by atoms with Gasteiger partial charge < -0.3 is 5.32 Å². The maximum atomic E-state index is 14.4. The number of nitrogens with one attached hydrogen (secondary N) is 1. The Bertz CT molecular complexity index is 1290. The zero-order valence-electron chi connectivity index (χ0n) is 15.8. The number of para-hydroxylation sites is 1. The normalized spacial score (nSPS) is 11.0. The number of aromatic nitrogens is 2. The Balaban J connectivity index is 1.63. The van der Waals surface area contributed by atoms with Crippen LogP contribution in [-0.2, 0) is 4.79 Å². The van der Waals surface area contributed by atoms with Crippen LogP contribution in [0, 0.1) is 5.82 Å². The molecule has 152 valence electrons. The third-order valence-electron chi connectivity index (χ3n) is 4.23. The van der Waals surface area contributed by atoms with Gasteiger partial charge in [0.2, 0.25) is 5.91 Å². The van der Waals surface area contributed by atoms with E-state index in [1.165, 1.54) is 28.0 Å². The monoisotopic (exact) mass is 457 g/mol. The highest BCUT2D eigenvalue weighted by Gasteiger charge is 2.17. The number of thioether (sulfide) groups is 2. The molecule has 0 fully saturated rings. The molecule has 0 spiro atoms. The van der Waals surface area contributed by atoms with Gasteiger partial charge in [0.1, 0.15) is 10.5 Å². The summed E-state index contributed by atoms with van der Waals surface area (Å²) in [5.41, 5.74) is 0.991. The maximum Gasteiger partial charge on any atom is 0.276 e. The van der Waals surface area contributed by atoms with E-state index in [0.717, 1.165) is 16.7 Å². The van der Waals surface area contributed by atoms with Crippen molar-refractivity contribution in [2.45, 2.75) is 10.1 Å². The lowest BCUT2D eigenvalue weighted by Gasteiger charge is -2.13. The van der Waals surface area contributed by atoms with Crippen molar-refractivity contribution < 1.29 is 9.18 Å². The first-order valence-corrected chi connectivity index (χ1v) is 12.0. The first-order chi connectivity index (χ1) is 14.6. The fourth-order valence-electron chi connectivity index (χ4n) is 2.86. The van der Waals surface area contributed by atoms with Crippen LogP contribution in [-0.4, -0.2) is 27.5 Å². The Hall–Kier alpha value is -2.62. The van der Waals surface area contributed by atoms with Crippen molar-refractivity contribution >= 4 is 56.7 Å². The SMILES string of the molecule is CSc1cccc(NC(=O)CSc2nc3ccsc3c(=O)n2-c2ccccc2F)c1. The number of anilines is 1. The molecule has 2 heterocycles. The van der Waals surface area contributed by atoms with E-state index in [4.69, 9.17) is 0 Å². The largest absolute Gasteiger partial charge is 0.325 e. The van der Waals surface area contributed by atoms with Gasteiger partial charge in [0.05, 0.1) is 17.0 Å². The Morgan fingerprint density at radius 3 is 2.83 bits per heavy atom. The van der Waals surface area contributed by atoms with Crippen molar-refractivity contribution in [1.82, 2.24) is 9.55 Å². The summed E-state index contributed by atoms with van der Waals surface area (Å²) in [5.74, 6) is -0.740. The van der Waals surface area contributed by atoms with Crippen LogP contribution in [0.1, 0.15) is 0 Å². The number of nitrogens with zero attached hydrogens (tertiary/aromatic N) is 2. The summed E-state index contributed by atoms with van der Waals surface area (Å²) in [4.78, 5) is 31.0. The van der Waals surface area contributed by atoms with Crippen molar-refractivity contribution in [3.8, 4) is 5.69 Å². The minimum atomic E-state index is -0.530. The smallest absolute Gasteiger partial charge is 0.276 e. The van der Waals surface area contributed by atoms with Crippen LogP contribution in [0.3, 0.4) is 0 Å². The van der Waals surface area contributed by atoms with Crippen LogP contribution in [0.25, 0.3) is 15.9 Å². The van der Waals surface area contributed by atoms with Gasteiger partial charge in [-0.2, -0.15) is 0 Å². The zero-order chi connectivity index (χ0) is 21.1. The van der Waals surface area contributed by atoms with Gasteiger partial charge in [0, 0.05) is 10.6 Å². The van der Waals surface area contributed by atoms with E-state index in [0.29, 0.717) is 15.9 Å². The Morgan fingerprint density at radius 2 is 2.03 bits per heavy atom. The highest BCUT2D eigenvalue weighted by molar-refractivity contribution is 7.99. The second kappa shape index (κ2) is 9.03. The number of fused-ring (bicyclic) bond motifs is 1. The summed E-state index contributed by atoms with van der Waals surface area (Å²) in [6.07, 6.45) is 1.96. The van der Waals surface area contributed by atoms with Crippen LogP contribution >= 0.6 is 34.9 Å². The predicted molar refractivity (Wildman–Crippen MR) is 123 cm³/mol. The van der Waals surface area contributed by atoms with Crippen molar-refractivity contribution in [2.24, 2.45) is 0 Å². The van der Waals surface area contributed by atoms with Crippen LogP contribution in [0.15, 0.2) is 74.8 Å². The third kappa shape index (κ3) is 4.28. The number of rotatable bonds is 6. The third-order valence-corrected chi connectivity index (χ3v) is 6.78. The van der Waals surface area contributed by atoms with Gasteiger partial charge in [-0.25, -0.2) is 9.37 Å². The minimum Gasteiger partial charge on any atom is -0.325 e. The molecule has 9 heteroatoms. The molecule has 30 heavy (non-hydrogen) atoms. The van der Waals surface area contributed by atoms with Gasteiger partial charge >= 0.3 is 0 Å². The molecular weight excluding hydrogens is 441 g/mol. The fourth-order valence-corrected chi connectivity index (χ4v) is 4.89. The summed E-state index contributed by atoms with van der Waals surface area (Å²) in [5, 5.41) is 4.88. The molecular formula is C21H16FN3O2S3. The molecule has 4 rings (SSSR count). The molecule has 1 amide bonds. The van der Waals surface area contributed by atoms with E-state index in [2.05, 4.69) is 10.3 Å². The Kier molecular flexibility index (Phi) is 6.21. The van der Waals surface area contributed by atoms with Gasteiger partial charge in [-0.1, -0.05) is 30.0 Å². The first-order valence-electron chi connectivity index (χ1n) is 8.88. The molecule has 5 nitrogen and oxygen atoms in total. The Labute approximate surface area is 184 Å². The average molecular weight is 458 g/mol. The lowest BCUT2D eigenvalue weighted by atomic mass is 10.3. The first kappa shape index (κ1) is 20.6. The number of carbonyl (C=O) groups is 1. The van der Waals surface area contributed by atoms with Gasteiger partial charge in [0.25, 0.3) is 5.56 Å². The van der Waals surface area contributed by atoms with Crippen molar-refractivity contribution in [1.29, 1.82) is 0 Å². The van der Waals surface area contributed by atoms with Crippen molar-refractivity contribution in [3.63, 3.8) is 0 Å².